The summed E-state index contributed by atoms with van der Waals surface area (Å²) < 4.78 is 40.9. The van der Waals surface area contributed by atoms with Crippen LogP contribution in [0.5, 0.6) is 0 Å². The van der Waals surface area contributed by atoms with Crippen molar-refractivity contribution >= 4 is 39.3 Å². The average Bonchev–Trinajstić information content (AvgIpc) is 2.96. The van der Waals surface area contributed by atoms with Crippen LogP contribution in [-0.2, 0) is 6.18 Å². The lowest BCUT2D eigenvalue weighted by atomic mass is 10.2. The van der Waals surface area contributed by atoms with Crippen LogP contribution in [0.25, 0.3) is 10.1 Å². The third-order valence-electron chi connectivity index (χ3n) is 2.99. The Labute approximate surface area is 137 Å². The van der Waals surface area contributed by atoms with Gasteiger partial charge in [-0.25, -0.2) is 0 Å². The van der Waals surface area contributed by atoms with E-state index in [0.29, 0.717) is 9.77 Å². The summed E-state index contributed by atoms with van der Waals surface area (Å²) in [6, 6.07) is 8.18. The lowest BCUT2D eigenvalue weighted by molar-refractivity contribution is -0.137. The van der Waals surface area contributed by atoms with E-state index >= 15 is 0 Å². The highest BCUT2D eigenvalue weighted by atomic mass is 32.2. The highest BCUT2D eigenvalue weighted by Crippen LogP contribution is 2.30. The zero-order valence-corrected chi connectivity index (χ0v) is 13.1. The minimum absolute atomic E-state index is 0.295. The SMILES string of the molecule is O=C(NSc1ccc(C(F)(F)F)cc1)c1cc2ccncc2s1. The summed E-state index contributed by atoms with van der Waals surface area (Å²) in [5.74, 6) is -0.295. The average molecular weight is 354 g/mol. The fourth-order valence-electron chi connectivity index (χ4n) is 1.86. The lowest BCUT2D eigenvalue weighted by Gasteiger charge is -2.07. The van der Waals surface area contributed by atoms with Crippen molar-refractivity contribution < 1.29 is 18.0 Å². The number of fused-ring (bicyclic) bond motifs is 1. The van der Waals surface area contributed by atoms with Gasteiger partial charge in [0, 0.05) is 17.3 Å². The van der Waals surface area contributed by atoms with E-state index in [2.05, 4.69) is 9.71 Å². The molecule has 0 atom stereocenters. The van der Waals surface area contributed by atoms with E-state index < -0.39 is 11.7 Å². The molecule has 0 unspecified atom stereocenters. The molecule has 0 radical (unpaired) electrons. The number of nitrogens with zero attached hydrogens (tertiary/aromatic N) is 1. The summed E-state index contributed by atoms with van der Waals surface area (Å²) in [6.07, 6.45) is -1.04. The molecule has 1 amide bonds. The van der Waals surface area contributed by atoms with Crippen LogP contribution in [0.15, 0.2) is 53.7 Å². The van der Waals surface area contributed by atoms with Crippen molar-refractivity contribution in [3.05, 3.63) is 59.2 Å². The number of hydrogen-bond acceptors (Lipinski definition) is 4. The second-order valence-corrected chi connectivity index (χ2v) is 6.54. The normalized spacial score (nSPS) is 11.6. The molecule has 0 aliphatic rings. The lowest BCUT2D eigenvalue weighted by Crippen LogP contribution is -2.14. The molecular weight excluding hydrogens is 345 g/mol. The number of alkyl halides is 3. The molecule has 118 valence electrons. The van der Waals surface area contributed by atoms with Crippen LogP contribution in [0, 0.1) is 0 Å². The predicted molar refractivity (Wildman–Crippen MR) is 84.4 cm³/mol. The highest BCUT2D eigenvalue weighted by Gasteiger charge is 2.29. The van der Waals surface area contributed by atoms with Gasteiger partial charge in [0.05, 0.1) is 15.1 Å². The Morgan fingerprint density at radius 3 is 2.57 bits per heavy atom. The smallest absolute Gasteiger partial charge is 0.291 e. The van der Waals surface area contributed by atoms with Crippen LogP contribution in [0.1, 0.15) is 15.2 Å². The van der Waals surface area contributed by atoms with E-state index in [-0.39, 0.29) is 5.91 Å². The molecule has 1 aromatic carbocycles. The van der Waals surface area contributed by atoms with E-state index in [1.165, 1.54) is 23.5 Å². The van der Waals surface area contributed by atoms with Gasteiger partial charge in [0.1, 0.15) is 0 Å². The largest absolute Gasteiger partial charge is 0.416 e. The molecule has 3 aromatic rings. The van der Waals surface area contributed by atoms with Gasteiger partial charge in [0.2, 0.25) is 0 Å². The first-order valence-corrected chi connectivity index (χ1v) is 8.05. The molecular formula is C15H9F3N2OS2. The predicted octanol–water partition coefficient (Wildman–Crippen LogP) is 4.75. The summed E-state index contributed by atoms with van der Waals surface area (Å²) in [6.45, 7) is 0. The first-order chi connectivity index (χ1) is 10.9. The van der Waals surface area contributed by atoms with Crippen LogP contribution in [0.3, 0.4) is 0 Å². The number of rotatable bonds is 3. The number of thiophene rings is 1. The Morgan fingerprint density at radius 2 is 1.91 bits per heavy atom. The van der Waals surface area contributed by atoms with Crippen molar-refractivity contribution in [2.45, 2.75) is 11.1 Å². The van der Waals surface area contributed by atoms with Gasteiger partial charge >= 0.3 is 6.18 Å². The van der Waals surface area contributed by atoms with E-state index in [4.69, 9.17) is 0 Å². The summed E-state index contributed by atoms with van der Waals surface area (Å²) in [4.78, 5) is 17.1. The Morgan fingerprint density at radius 1 is 1.17 bits per heavy atom. The van der Waals surface area contributed by atoms with Crippen molar-refractivity contribution in [1.82, 2.24) is 9.71 Å². The van der Waals surface area contributed by atoms with Gasteiger partial charge in [-0.3, -0.25) is 14.5 Å². The third kappa shape index (κ3) is 3.65. The number of hydrogen-bond donors (Lipinski definition) is 1. The van der Waals surface area contributed by atoms with E-state index in [0.717, 1.165) is 34.2 Å². The second-order valence-electron chi connectivity index (χ2n) is 4.58. The van der Waals surface area contributed by atoms with Gasteiger partial charge in [-0.15, -0.1) is 11.3 Å². The number of benzene rings is 1. The molecule has 0 saturated carbocycles. The molecule has 8 heteroatoms. The van der Waals surface area contributed by atoms with E-state index in [1.807, 2.05) is 6.07 Å². The quantitative estimate of drug-likeness (QED) is 0.690. The molecule has 3 rings (SSSR count). The van der Waals surface area contributed by atoms with Gasteiger partial charge < -0.3 is 0 Å². The topological polar surface area (TPSA) is 42.0 Å². The summed E-state index contributed by atoms with van der Waals surface area (Å²) in [5.41, 5.74) is -0.717. The zero-order chi connectivity index (χ0) is 16.4. The van der Waals surface area contributed by atoms with Crippen LogP contribution in [-0.4, -0.2) is 10.9 Å². The van der Waals surface area contributed by atoms with Crippen molar-refractivity contribution in [3.8, 4) is 0 Å². The van der Waals surface area contributed by atoms with Gasteiger partial charge in [0.15, 0.2) is 0 Å². The molecule has 3 nitrogen and oxygen atoms in total. The monoisotopic (exact) mass is 354 g/mol. The fraction of sp³-hybridized carbons (Fsp3) is 0.0667. The second kappa shape index (κ2) is 6.21. The summed E-state index contributed by atoms with van der Waals surface area (Å²) >= 11 is 2.29. The first-order valence-electron chi connectivity index (χ1n) is 6.41. The van der Waals surface area contributed by atoms with Crippen molar-refractivity contribution in [3.63, 3.8) is 0 Å². The van der Waals surface area contributed by atoms with Crippen LogP contribution in [0.2, 0.25) is 0 Å². The summed E-state index contributed by atoms with van der Waals surface area (Å²) in [7, 11) is 0. The molecule has 0 aliphatic carbocycles. The number of aromatic nitrogens is 1. The maximum absolute atomic E-state index is 12.5. The molecule has 0 bridgehead atoms. The van der Waals surface area contributed by atoms with Crippen LogP contribution >= 0.6 is 23.3 Å². The van der Waals surface area contributed by atoms with Crippen molar-refractivity contribution in [1.29, 1.82) is 0 Å². The molecule has 0 aliphatic heterocycles. The van der Waals surface area contributed by atoms with E-state index in [9.17, 15) is 18.0 Å². The molecule has 2 aromatic heterocycles. The summed E-state index contributed by atoms with van der Waals surface area (Å²) in [5, 5.41) is 0.926. The molecule has 23 heavy (non-hydrogen) atoms. The Kier molecular flexibility index (Phi) is 4.27. The molecule has 0 fully saturated rings. The van der Waals surface area contributed by atoms with Gasteiger partial charge in [-0.2, -0.15) is 13.2 Å². The highest BCUT2D eigenvalue weighted by molar-refractivity contribution is 7.98. The maximum Gasteiger partial charge on any atom is 0.416 e. The minimum atomic E-state index is -4.36. The van der Waals surface area contributed by atoms with Crippen LogP contribution < -0.4 is 4.72 Å². The molecule has 0 spiro atoms. The minimum Gasteiger partial charge on any atom is -0.291 e. The first kappa shape index (κ1) is 15.8. The number of carbonyl (C=O) groups is 1. The van der Waals surface area contributed by atoms with Gasteiger partial charge in [0.25, 0.3) is 5.91 Å². The number of carbonyl (C=O) groups excluding carboxylic acids is 1. The molecule has 1 N–H and O–H groups in total. The number of pyridine rings is 1. The standard InChI is InChI=1S/C15H9F3N2OS2/c16-15(17,18)10-1-3-11(4-2-10)23-20-14(21)12-7-9-5-6-19-8-13(9)22-12/h1-8H,(H,20,21). The van der Waals surface area contributed by atoms with Gasteiger partial charge in [-0.05, 0) is 53.7 Å². The van der Waals surface area contributed by atoms with Crippen molar-refractivity contribution in [2.24, 2.45) is 0 Å². The fourth-order valence-corrected chi connectivity index (χ4v) is 3.45. The number of amides is 1. The Hall–Kier alpha value is -2.06. The third-order valence-corrected chi connectivity index (χ3v) is 4.87. The van der Waals surface area contributed by atoms with E-state index in [1.54, 1.807) is 18.5 Å². The van der Waals surface area contributed by atoms with Gasteiger partial charge in [-0.1, -0.05) is 0 Å². The zero-order valence-electron chi connectivity index (χ0n) is 11.4. The molecule has 0 saturated heterocycles. The van der Waals surface area contributed by atoms with Crippen LogP contribution in [0.4, 0.5) is 13.2 Å². The Bertz CT molecular complexity index is 811. The Balaban J connectivity index is 1.66. The number of nitrogens with one attached hydrogen (secondary N) is 1. The molecule has 2 heterocycles. The number of halogens is 3. The van der Waals surface area contributed by atoms with Crippen molar-refractivity contribution in [2.75, 3.05) is 0 Å². The maximum atomic E-state index is 12.5.